The van der Waals surface area contributed by atoms with Gasteiger partial charge < -0.3 is 10.4 Å². The summed E-state index contributed by atoms with van der Waals surface area (Å²) in [6.45, 7) is 3.83. The third-order valence-electron chi connectivity index (χ3n) is 3.17. The van der Waals surface area contributed by atoms with Crippen molar-refractivity contribution in [2.75, 3.05) is 6.54 Å². The Labute approximate surface area is 102 Å². The van der Waals surface area contributed by atoms with E-state index in [-0.39, 0.29) is 6.10 Å². The largest absolute Gasteiger partial charge is 0.393 e. The van der Waals surface area contributed by atoms with Crippen LogP contribution in [0.15, 0.2) is 18.2 Å². The van der Waals surface area contributed by atoms with Gasteiger partial charge in [0.25, 0.3) is 0 Å². The molecule has 1 aromatic rings. The van der Waals surface area contributed by atoms with Crippen LogP contribution in [0.1, 0.15) is 24.0 Å². The van der Waals surface area contributed by atoms with Crippen LogP contribution < -0.4 is 5.32 Å². The Morgan fingerprint density at radius 1 is 1.44 bits per heavy atom. The van der Waals surface area contributed by atoms with Gasteiger partial charge in [0.05, 0.1) is 6.10 Å². The Kier molecular flexibility index (Phi) is 3.85. The lowest BCUT2D eigenvalue weighted by molar-refractivity contribution is 0.0430. The van der Waals surface area contributed by atoms with E-state index in [0.717, 1.165) is 36.5 Å². The third kappa shape index (κ3) is 2.97. The van der Waals surface area contributed by atoms with E-state index in [4.69, 9.17) is 16.7 Å². The molecule has 0 aromatic heterocycles. The van der Waals surface area contributed by atoms with Gasteiger partial charge >= 0.3 is 0 Å². The van der Waals surface area contributed by atoms with Crippen molar-refractivity contribution in [3.8, 4) is 0 Å². The zero-order valence-corrected chi connectivity index (χ0v) is 10.3. The maximum Gasteiger partial charge on any atom is 0.0546 e. The SMILES string of the molecule is Cc1ccc(CNCC2CC(O)C2)c(Cl)c1. The Morgan fingerprint density at radius 2 is 2.19 bits per heavy atom. The predicted molar refractivity (Wildman–Crippen MR) is 66.6 cm³/mol. The monoisotopic (exact) mass is 239 g/mol. The Hall–Kier alpha value is -0.570. The van der Waals surface area contributed by atoms with E-state index in [1.165, 1.54) is 5.56 Å². The maximum atomic E-state index is 9.16. The molecule has 1 aliphatic carbocycles. The number of halogens is 1. The van der Waals surface area contributed by atoms with Gasteiger partial charge in [0.1, 0.15) is 0 Å². The number of benzene rings is 1. The summed E-state index contributed by atoms with van der Waals surface area (Å²) in [6, 6.07) is 6.14. The van der Waals surface area contributed by atoms with Crippen LogP contribution >= 0.6 is 11.6 Å². The molecule has 0 spiro atoms. The minimum Gasteiger partial charge on any atom is -0.393 e. The van der Waals surface area contributed by atoms with E-state index in [2.05, 4.69) is 17.4 Å². The van der Waals surface area contributed by atoms with Crippen molar-refractivity contribution < 1.29 is 5.11 Å². The molecule has 0 unspecified atom stereocenters. The predicted octanol–water partition coefficient (Wildman–Crippen LogP) is 2.51. The van der Waals surface area contributed by atoms with Gasteiger partial charge in [0, 0.05) is 11.6 Å². The van der Waals surface area contributed by atoms with Crippen LogP contribution in [0.4, 0.5) is 0 Å². The smallest absolute Gasteiger partial charge is 0.0546 e. The molecule has 1 aliphatic rings. The second kappa shape index (κ2) is 5.17. The number of hydrogen-bond acceptors (Lipinski definition) is 2. The fraction of sp³-hybridized carbons (Fsp3) is 0.538. The number of aryl methyl sites for hydroxylation is 1. The van der Waals surface area contributed by atoms with Crippen molar-refractivity contribution >= 4 is 11.6 Å². The normalized spacial score (nSPS) is 24.2. The summed E-state index contributed by atoms with van der Waals surface area (Å²) in [4.78, 5) is 0. The standard InChI is InChI=1S/C13H18ClNO/c1-9-2-3-11(13(14)4-9)8-15-7-10-5-12(16)6-10/h2-4,10,12,15-16H,5-8H2,1H3. The summed E-state index contributed by atoms with van der Waals surface area (Å²) in [5.41, 5.74) is 2.34. The molecule has 1 aromatic carbocycles. The van der Waals surface area contributed by atoms with Crippen molar-refractivity contribution in [1.29, 1.82) is 0 Å². The molecule has 1 fully saturated rings. The topological polar surface area (TPSA) is 32.3 Å². The molecule has 16 heavy (non-hydrogen) atoms. The Bertz CT molecular complexity index is 361. The molecule has 2 rings (SSSR count). The van der Waals surface area contributed by atoms with E-state index in [1.54, 1.807) is 0 Å². The van der Waals surface area contributed by atoms with E-state index < -0.39 is 0 Å². The van der Waals surface area contributed by atoms with Gasteiger partial charge in [-0.1, -0.05) is 23.7 Å². The first-order chi connectivity index (χ1) is 7.65. The minimum absolute atomic E-state index is 0.0604. The quantitative estimate of drug-likeness (QED) is 0.846. The van der Waals surface area contributed by atoms with Gasteiger partial charge in [0.2, 0.25) is 0 Å². The van der Waals surface area contributed by atoms with E-state index in [1.807, 2.05) is 13.0 Å². The van der Waals surface area contributed by atoms with Gasteiger partial charge in [0.15, 0.2) is 0 Å². The van der Waals surface area contributed by atoms with Gasteiger partial charge in [-0.25, -0.2) is 0 Å². The minimum atomic E-state index is -0.0604. The molecule has 0 heterocycles. The molecular weight excluding hydrogens is 222 g/mol. The van der Waals surface area contributed by atoms with Crippen molar-refractivity contribution in [2.24, 2.45) is 5.92 Å². The van der Waals surface area contributed by atoms with Crippen molar-refractivity contribution in [2.45, 2.75) is 32.4 Å². The molecule has 2 nitrogen and oxygen atoms in total. The maximum absolute atomic E-state index is 9.16. The molecule has 3 heteroatoms. The van der Waals surface area contributed by atoms with Crippen LogP contribution in [0.5, 0.6) is 0 Å². The van der Waals surface area contributed by atoms with Crippen LogP contribution in [-0.4, -0.2) is 17.8 Å². The van der Waals surface area contributed by atoms with Crippen molar-refractivity contribution in [3.63, 3.8) is 0 Å². The number of aliphatic hydroxyl groups is 1. The third-order valence-corrected chi connectivity index (χ3v) is 3.52. The molecule has 1 saturated carbocycles. The van der Waals surface area contributed by atoms with Gasteiger partial charge in [-0.05, 0) is 49.4 Å². The zero-order valence-electron chi connectivity index (χ0n) is 9.54. The lowest BCUT2D eigenvalue weighted by Crippen LogP contribution is -2.35. The number of hydrogen-bond donors (Lipinski definition) is 2. The molecule has 0 amide bonds. The number of aliphatic hydroxyl groups excluding tert-OH is 1. The van der Waals surface area contributed by atoms with Gasteiger partial charge in [-0.15, -0.1) is 0 Å². The van der Waals surface area contributed by atoms with Gasteiger partial charge in [-0.3, -0.25) is 0 Å². The summed E-state index contributed by atoms with van der Waals surface area (Å²) in [5, 5.41) is 13.4. The molecular formula is C13H18ClNO. The van der Waals surface area contributed by atoms with Crippen LogP contribution in [0.2, 0.25) is 5.02 Å². The first kappa shape index (κ1) is 11.9. The van der Waals surface area contributed by atoms with Crippen LogP contribution in [-0.2, 0) is 6.54 Å². The Balaban J connectivity index is 1.76. The van der Waals surface area contributed by atoms with Crippen molar-refractivity contribution in [1.82, 2.24) is 5.32 Å². The second-order valence-corrected chi connectivity index (χ2v) is 5.12. The van der Waals surface area contributed by atoms with Crippen LogP contribution in [0.25, 0.3) is 0 Å². The average molecular weight is 240 g/mol. The highest BCUT2D eigenvalue weighted by molar-refractivity contribution is 6.31. The molecule has 0 saturated heterocycles. The van der Waals surface area contributed by atoms with E-state index in [9.17, 15) is 0 Å². The summed E-state index contributed by atoms with van der Waals surface area (Å²) in [5.74, 6) is 0.638. The lowest BCUT2D eigenvalue weighted by Gasteiger charge is -2.31. The van der Waals surface area contributed by atoms with Gasteiger partial charge in [-0.2, -0.15) is 0 Å². The highest BCUT2D eigenvalue weighted by atomic mass is 35.5. The molecule has 0 radical (unpaired) electrons. The summed E-state index contributed by atoms with van der Waals surface area (Å²) in [7, 11) is 0. The van der Waals surface area contributed by atoms with Crippen LogP contribution in [0, 0.1) is 12.8 Å². The first-order valence-corrected chi connectivity index (χ1v) is 6.17. The molecule has 88 valence electrons. The first-order valence-electron chi connectivity index (χ1n) is 5.79. The molecule has 0 atom stereocenters. The number of nitrogens with one attached hydrogen (secondary N) is 1. The fourth-order valence-corrected chi connectivity index (χ4v) is 2.38. The lowest BCUT2D eigenvalue weighted by atomic mass is 9.82. The summed E-state index contributed by atoms with van der Waals surface area (Å²) >= 11 is 6.14. The highest BCUT2D eigenvalue weighted by Crippen LogP contribution is 2.26. The highest BCUT2D eigenvalue weighted by Gasteiger charge is 2.26. The van der Waals surface area contributed by atoms with Crippen LogP contribution in [0.3, 0.4) is 0 Å². The molecule has 2 N–H and O–H groups in total. The Morgan fingerprint density at radius 3 is 2.81 bits per heavy atom. The van der Waals surface area contributed by atoms with E-state index in [0.29, 0.717) is 5.92 Å². The molecule has 0 aliphatic heterocycles. The van der Waals surface area contributed by atoms with Crippen molar-refractivity contribution in [3.05, 3.63) is 34.3 Å². The van der Waals surface area contributed by atoms with E-state index >= 15 is 0 Å². The molecule has 0 bridgehead atoms. The zero-order chi connectivity index (χ0) is 11.5. The fourth-order valence-electron chi connectivity index (χ4n) is 2.07. The average Bonchev–Trinajstić information content (AvgIpc) is 2.18. The summed E-state index contributed by atoms with van der Waals surface area (Å²) < 4.78 is 0. The summed E-state index contributed by atoms with van der Waals surface area (Å²) in [6.07, 6.45) is 1.82. The second-order valence-electron chi connectivity index (χ2n) is 4.72. The number of rotatable bonds is 4.